The predicted octanol–water partition coefficient (Wildman–Crippen LogP) is 1.06. The van der Waals surface area contributed by atoms with Crippen molar-refractivity contribution < 1.29 is 14.8 Å². The second-order valence-electron chi connectivity index (χ2n) is 2.76. The third-order valence-electron chi connectivity index (χ3n) is 1.55. The van der Waals surface area contributed by atoms with Gasteiger partial charge in [0.05, 0.1) is 10.5 Å². The summed E-state index contributed by atoms with van der Waals surface area (Å²) in [5.41, 5.74) is -0.0355. The van der Waals surface area contributed by atoms with Gasteiger partial charge in [0.2, 0.25) is 5.75 Å². The maximum absolute atomic E-state index is 11.4. The van der Waals surface area contributed by atoms with E-state index < -0.39 is 21.6 Å². The van der Waals surface area contributed by atoms with E-state index in [-0.39, 0.29) is 5.56 Å². The van der Waals surface area contributed by atoms with Crippen LogP contribution in [0.5, 0.6) is 5.75 Å². The highest BCUT2D eigenvalue weighted by Crippen LogP contribution is 2.36. The summed E-state index contributed by atoms with van der Waals surface area (Å²) in [6.07, 6.45) is 0. The fourth-order valence-electron chi connectivity index (χ4n) is 0.864. The number of aromatic hydroxyl groups is 1. The Hall–Kier alpha value is -1.63. The molecule has 0 fully saturated rings. The first kappa shape index (κ1) is 10.5. The highest BCUT2D eigenvalue weighted by molar-refractivity contribution is 7.14. The van der Waals surface area contributed by atoms with Crippen LogP contribution >= 0.6 is 11.3 Å². The van der Waals surface area contributed by atoms with Crippen molar-refractivity contribution in [3.63, 3.8) is 0 Å². The van der Waals surface area contributed by atoms with Crippen molar-refractivity contribution in [1.82, 2.24) is 4.90 Å². The minimum absolute atomic E-state index is 0.0355. The van der Waals surface area contributed by atoms with Crippen molar-refractivity contribution in [2.45, 2.75) is 0 Å². The molecule has 0 aliphatic heterocycles. The number of nitrogens with zero attached hydrogens (tertiary/aromatic N) is 2. The molecular weight excluding hydrogens is 208 g/mol. The normalized spacial score (nSPS) is 9.86. The van der Waals surface area contributed by atoms with Gasteiger partial charge >= 0.3 is 5.00 Å². The van der Waals surface area contributed by atoms with E-state index in [9.17, 15) is 20.0 Å². The zero-order valence-electron chi connectivity index (χ0n) is 7.55. The standard InChI is InChI=1S/C7H8N2O4S/c1-8(2)6(11)4-3-14-7(5(4)10)9(12)13/h3,10H,1-2H3. The van der Waals surface area contributed by atoms with Crippen LogP contribution in [0.4, 0.5) is 5.00 Å². The van der Waals surface area contributed by atoms with Gasteiger partial charge in [0.1, 0.15) is 0 Å². The first-order valence-corrected chi connectivity index (χ1v) is 4.49. The molecule has 1 N–H and O–H groups in total. The molecule has 0 aliphatic carbocycles. The summed E-state index contributed by atoms with van der Waals surface area (Å²) in [6, 6.07) is 0. The van der Waals surface area contributed by atoms with Crippen LogP contribution < -0.4 is 0 Å². The number of hydrogen-bond acceptors (Lipinski definition) is 5. The van der Waals surface area contributed by atoms with Crippen molar-refractivity contribution in [2.75, 3.05) is 14.1 Å². The maximum Gasteiger partial charge on any atom is 0.366 e. The van der Waals surface area contributed by atoms with Crippen LogP contribution in [0.15, 0.2) is 5.38 Å². The van der Waals surface area contributed by atoms with Gasteiger partial charge < -0.3 is 10.0 Å². The molecule has 76 valence electrons. The van der Waals surface area contributed by atoms with Gasteiger partial charge in [-0.15, -0.1) is 0 Å². The summed E-state index contributed by atoms with van der Waals surface area (Å²) in [6.45, 7) is 0. The molecular formula is C7H8N2O4S. The molecule has 7 heteroatoms. The van der Waals surface area contributed by atoms with E-state index in [0.717, 1.165) is 11.3 Å². The number of carbonyl (C=O) groups excluding carboxylic acids is 1. The number of nitro groups is 1. The summed E-state index contributed by atoms with van der Waals surface area (Å²) in [7, 11) is 3.01. The third kappa shape index (κ3) is 1.67. The number of hydrogen-bond donors (Lipinski definition) is 1. The molecule has 0 unspecified atom stereocenters. The van der Waals surface area contributed by atoms with Crippen LogP contribution in [-0.2, 0) is 0 Å². The van der Waals surface area contributed by atoms with Gasteiger partial charge in [-0.2, -0.15) is 0 Å². The first-order valence-electron chi connectivity index (χ1n) is 3.61. The summed E-state index contributed by atoms with van der Waals surface area (Å²) >= 11 is 0.733. The van der Waals surface area contributed by atoms with Crippen molar-refractivity contribution in [3.8, 4) is 5.75 Å². The van der Waals surface area contributed by atoms with E-state index in [1.54, 1.807) is 0 Å². The molecule has 0 aromatic carbocycles. The summed E-state index contributed by atoms with van der Waals surface area (Å²) in [5, 5.41) is 20.6. The Labute approximate surface area is 83.5 Å². The molecule has 0 bridgehead atoms. The van der Waals surface area contributed by atoms with Gasteiger partial charge in [-0.1, -0.05) is 11.3 Å². The van der Waals surface area contributed by atoms with Crippen LogP contribution in [0, 0.1) is 10.1 Å². The molecule has 1 heterocycles. The summed E-state index contributed by atoms with van der Waals surface area (Å²) < 4.78 is 0. The molecule has 0 aliphatic rings. The summed E-state index contributed by atoms with van der Waals surface area (Å²) in [4.78, 5) is 22.2. The molecule has 1 rings (SSSR count). The van der Waals surface area contributed by atoms with Crippen LogP contribution in [0.2, 0.25) is 0 Å². The Morgan fingerprint density at radius 3 is 2.57 bits per heavy atom. The smallest absolute Gasteiger partial charge is 0.366 e. The van der Waals surface area contributed by atoms with Crippen molar-refractivity contribution in [1.29, 1.82) is 0 Å². The molecule has 0 saturated heterocycles. The Kier molecular flexibility index (Phi) is 2.70. The number of thiophene rings is 1. The molecule has 0 radical (unpaired) electrons. The SMILES string of the molecule is CN(C)C(=O)c1csc([N+](=O)[O-])c1O. The van der Waals surface area contributed by atoms with Gasteiger partial charge in [0, 0.05) is 19.5 Å². The van der Waals surface area contributed by atoms with E-state index in [1.807, 2.05) is 0 Å². The summed E-state index contributed by atoms with van der Waals surface area (Å²) in [5.74, 6) is -1.01. The van der Waals surface area contributed by atoms with Crippen LogP contribution in [0.1, 0.15) is 10.4 Å². The molecule has 0 saturated carbocycles. The quantitative estimate of drug-likeness (QED) is 0.591. The Morgan fingerprint density at radius 2 is 2.21 bits per heavy atom. The third-order valence-corrected chi connectivity index (χ3v) is 2.47. The lowest BCUT2D eigenvalue weighted by atomic mass is 10.3. The van der Waals surface area contributed by atoms with Crippen molar-refractivity contribution in [3.05, 3.63) is 21.1 Å². The van der Waals surface area contributed by atoms with E-state index in [4.69, 9.17) is 0 Å². The van der Waals surface area contributed by atoms with Gasteiger partial charge in [0.25, 0.3) is 5.91 Å². The number of carbonyl (C=O) groups is 1. The number of amides is 1. The van der Waals surface area contributed by atoms with Crippen molar-refractivity contribution in [2.24, 2.45) is 0 Å². The van der Waals surface area contributed by atoms with Gasteiger partial charge in [0.15, 0.2) is 0 Å². The molecule has 14 heavy (non-hydrogen) atoms. The van der Waals surface area contributed by atoms with Crippen LogP contribution in [0.3, 0.4) is 0 Å². The molecule has 0 spiro atoms. The second kappa shape index (κ2) is 3.62. The number of rotatable bonds is 2. The van der Waals surface area contributed by atoms with Crippen molar-refractivity contribution >= 4 is 22.2 Å². The zero-order chi connectivity index (χ0) is 10.9. The highest BCUT2D eigenvalue weighted by Gasteiger charge is 2.25. The average Bonchev–Trinajstić information content (AvgIpc) is 2.45. The molecule has 1 amide bonds. The second-order valence-corrected chi connectivity index (χ2v) is 3.62. The van der Waals surface area contributed by atoms with E-state index in [1.165, 1.54) is 24.4 Å². The maximum atomic E-state index is 11.4. The molecule has 1 aromatic rings. The van der Waals surface area contributed by atoms with Gasteiger partial charge in [-0.3, -0.25) is 14.9 Å². The first-order chi connectivity index (χ1) is 6.45. The van der Waals surface area contributed by atoms with E-state index >= 15 is 0 Å². The van der Waals surface area contributed by atoms with Crippen LogP contribution in [0.25, 0.3) is 0 Å². The fraction of sp³-hybridized carbons (Fsp3) is 0.286. The minimum atomic E-state index is -0.716. The lowest BCUT2D eigenvalue weighted by Gasteiger charge is -2.07. The lowest BCUT2D eigenvalue weighted by Crippen LogP contribution is -2.21. The van der Waals surface area contributed by atoms with Crippen LogP contribution in [-0.4, -0.2) is 34.9 Å². The average molecular weight is 216 g/mol. The predicted molar refractivity (Wildman–Crippen MR) is 50.7 cm³/mol. The molecule has 6 nitrogen and oxygen atoms in total. The lowest BCUT2D eigenvalue weighted by molar-refractivity contribution is -0.381. The largest absolute Gasteiger partial charge is 0.501 e. The Morgan fingerprint density at radius 1 is 1.64 bits per heavy atom. The molecule has 1 aromatic heterocycles. The topological polar surface area (TPSA) is 83.7 Å². The zero-order valence-corrected chi connectivity index (χ0v) is 8.37. The fourth-order valence-corrected chi connectivity index (χ4v) is 1.61. The van der Waals surface area contributed by atoms with Gasteiger partial charge in [-0.25, -0.2) is 0 Å². The van der Waals surface area contributed by atoms with Gasteiger partial charge in [-0.05, 0) is 0 Å². The van der Waals surface area contributed by atoms with E-state index in [0.29, 0.717) is 0 Å². The highest BCUT2D eigenvalue weighted by atomic mass is 32.1. The molecule has 0 atom stereocenters. The monoisotopic (exact) mass is 216 g/mol. The van der Waals surface area contributed by atoms with E-state index in [2.05, 4.69) is 0 Å². The minimum Gasteiger partial charge on any atom is -0.501 e. The Balaban J connectivity index is 3.13. The Bertz CT molecular complexity index is 385.